The summed E-state index contributed by atoms with van der Waals surface area (Å²) >= 11 is 0. The summed E-state index contributed by atoms with van der Waals surface area (Å²) in [6.45, 7) is 0. The van der Waals surface area contributed by atoms with Crippen molar-refractivity contribution in [2.75, 3.05) is 7.11 Å². The van der Waals surface area contributed by atoms with E-state index in [4.69, 9.17) is 10.6 Å². The molecule has 1 heterocycles. The average molecular weight is 210 g/mol. The summed E-state index contributed by atoms with van der Waals surface area (Å²) in [5.74, 6) is 6.22. The molecule has 1 aromatic rings. The number of aromatic nitrogens is 2. The number of hydrazine groups is 1. The van der Waals surface area contributed by atoms with Crippen molar-refractivity contribution >= 4 is 0 Å². The lowest BCUT2D eigenvalue weighted by Gasteiger charge is -2.24. The number of nitrogens with zero attached hydrogens (tertiary/aromatic N) is 2. The highest BCUT2D eigenvalue weighted by atomic mass is 16.5. The molecule has 5 nitrogen and oxygen atoms in total. The van der Waals surface area contributed by atoms with E-state index in [1.165, 1.54) is 12.8 Å². The Kier molecular flexibility index (Phi) is 3.04. The molecule has 5 heteroatoms. The van der Waals surface area contributed by atoms with Crippen molar-refractivity contribution in [1.29, 1.82) is 0 Å². The molecule has 15 heavy (non-hydrogen) atoms. The van der Waals surface area contributed by atoms with Gasteiger partial charge in [0.2, 0.25) is 0 Å². The van der Waals surface area contributed by atoms with E-state index in [1.807, 2.05) is 19.4 Å². The molecule has 2 rings (SSSR count). The van der Waals surface area contributed by atoms with E-state index < -0.39 is 0 Å². The summed E-state index contributed by atoms with van der Waals surface area (Å²) in [5, 5.41) is 4.15. The van der Waals surface area contributed by atoms with Gasteiger partial charge in [0.15, 0.2) is 0 Å². The lowest BCUT2D eigenvalue weighted by molar-refractivity contribution is 0.0506. The molecule has 2 unspecified atom stereocenters. The summed E-state index contributed by atoms with van der Waals surface area (Å²) in [6.07, 6.45) is 6.42. The Morgan fingerprint density at radius 1 is 1.67 bits per heavy atom. The van der Waals surface area contributed by atoms with Crippen LogP contribution in [0.4, 0.5) is 0 Å². The number of hydrogen-bond donors (Lipinski definition) is 2. The van der Waals surface area contributed by atoms with Crippen molar-refractivity contribution in [2.45, 2.75) is 25.0 Å². The average Bonchev–Trinajstić information content (AvgIpc) is 2.98. The smallest absolute Gasteiger partial charge is 0.0808 e. The molecule has 0 spiro atoms. The zero-order valence-corrected chi connectivity index (χ0v) is 9.18. The number of hydrogen-bond acceptors (Lipinski definition) is 4. The van der Waals surface area contributed by atoms with Crippen molar-refractivity contribution in [3.05, 3.63) is 18.0 Å². The van der Waals surface area contributed by atoms with Crippen LogP contribution in [0.5, 0.6) is 0 Å². The number of ether oxygens (including phenoxy) is 1. The summed E-state index contributed by atoms with van der Waals surface area (Å²) < 4.78 is 7.29. The molecule has 0 radical (unpaired) electrons. The van der Waals surface area contributed by atoms with Crippen LogP contribution in [0.15, 0.2) is 12.4 Å². The van der Waals surface area contributed by atoms with Crippen molar-refractivity contribution in [3.8, 4) is 0 Å². The third-order valence-corrected chi connectivity index (χ3v) is 2.95. The Morgan fingerprint density at radius 2 is 2.40 bits per heavy atom. The van der Waals surface area contributed by atoms with Gasteiger partial charge in [0, 0.05) is 25.9 Å². The number of methoxy groups -OCH3 is 1. The van der Waals surface area contributed by atoms with Crippen LogP contribution in [0.25, 0.3) is 0 Å². The number of rotatable bonds is 5. The van der Waals surface area contributed by atoms with Crippen molar-refractivity contribution < 1.29 is 4.74 Å². The quantitative estimate of drug-likeness (QED) is 0.543. The third-order valence-electron chi connectivity index (χ3n) is 2.95. The normalized spacial score (nSPS) is 20.2. The van der Waals surface area contributed by atoms with Gasteiger partial charge in [0.25, 0.3) is 0 Å². The molecule has 1 aromatic heterocycles. The second-order valence-electron chi connectivity index (χ2n) is 4.13. The van der Waals surface area contributed by atoms with Gasteiger partial charge < -0.3 is 4.74 Å². The number of aryl methyl sites for hydroxylation is 1. The van der Waals surface area contributed by atoms with Gasteiger partial charge in [-0.15, -0.1) is 0 Å². The lowest BCUT2D eigenvalue weighted by Crippen LogP contribution is -2.38. The zero-order chi connectivity index (χ0) is 10.8. The van der Waals surface area contributed by atoms with Gasteiger partial charge in [-0.1, -0.05) is 0 Å². The second kappa shape index (κ2) is 4.30. The van der Waals surface area contributed by atoms with Gasteiger partial charge >= 0.3 is 0 Å². The molecule has 0 aliphatic heterocycles. The fourth-order valence-electron chi connectivity index (χ4n) is 2.01. The highest BCUT2D eigenvalue weighted by Crippen LogP contribution is 2.39. The standard InChI is InChI=1S/C10H18N4O/c1-14-6-8(5-12-14)9(13-11)10(15-2)7-3-4-7/h5-7,9-10,13H,3-4,11H2,1-2H3. The minimum absolute atomic E-state index is 0.0381. The van der Waals surface area contributed by atoms with E-state index in [0.717, 1.165) is 5.56 Å². The minimum Gasteiger partial charge on any atom is -0.379 e. The maximum absolute atomic E-state index is 5.59. The second-order valence-corrected chi connectivity index (χ2v) is 4.13. The Bertz CT molecular complexity index is 321. The molecule has 1 saturated carbocycles. The van der Waals surface area contributed by atoms with Crippen LogP contribution in [-0.4, -0.2) is 23.0 Å². The summed E-state index contributed by atoms with van der Waals surface area (Å²) in [5.41, 5.74) is 3.91. The number of nitrogens with two attached hydrogens (primary N) is 1. The monoisotopic (exact) mass is 210 g/mol. The fraction of sp³-hybridized carbons (Fsp3) is 0.700. The van der Waals surface area contributed by atoms with E-state index in [1.54, 1.807) is 11.8 Å². The number of nitrogens with one attached hydrogen (secondary N) is 1. The third kappa shape index (κ3) is 2.19. The van der Waals surface area contributed by atoms with Gasteiger partial charge in [0.05, 0.1) is 18.3 Å². The zero-order valence-electron chi connectivity index (χ0n) is 9.18. The van der Waals surface area contributed by atoms with Gasteiger partial charge in [-0.2, -0.15) is 5.10 Å². The fourth-order valence-corrected chi connectivity index (χ4v) is 2.01. The lowest BCUT2D eigenvalue weighted by atomic mass is 10.0. The van der Waals surface area contributed by atoms with Gasteiger partial charge in [-0.25, -0.2) is 0 Å². The largest absolute Gasteiger partial charge is 0.379 e. The molecule has 0 amide bonds. The van der Waals surface area contributed by atoms with Gasteiger partial charge in [-0.3, -0.25) is 16.0 Å². The summed E-state index contributed by atoms with van der Waals surface area (Å²) in [7, 11) is 3.64. The molecule has 0 saturated heterocycles. The maximum Gasteiger partial charge on any atom is 0.0808 e. The first-order valence-corrected chi connectivity index (χ1v) is 5.23. The first-order valence-electron chi connectivity index (χ1n) is 5.23. The first kappa shape index (κ1) is 10.6. The van der Waals surface area contributed by atoms with Crippen LogP contribution in [-0.2, 0) is 11.8 Å². The Morgan fingerprint density at radius 3 is 2.80 bits per heavy atom. The molecular formula is C10H18N4O. The van der Waals surface area contributed by atoms with E-state index >= 15 is 0 Å². The van der Waals surface area contributed by atoms with Crippen LogP contribution in [0, 0.1) is 5.92 Å². The topological polar surface area (TPSA) is 65.1 Å². The molecule has 3 N–H and O–H groups in total. The molecule has 0 bridgehead atoms. The molecule has 1 aliphatic carbocycles. The van der Waals surface area contributed by atoms with Crippen molar-refractivity contribution in [1.82, 2.24) is 15.2 Å². The summed E-state index contributed by atoms with van der Waals surface area (Å²) in [4.78, 5) is 0. The van der Waals surface area contributed by atoms with Gasteiger partial charge in [-0.05, 0) is 18.8 Å². The van der Waals surface area contributed by atoms with Crippen LogP contribution in [0.2, 0.25) is 0 Å². The molecule has 2 atom stereocenters. The van der Waals surface area contributed by atoms with Crippen LogP contribution < -0.4 is 11.3 Å². The first-order chi connectivity index (χ1) is 7.26. The molecule has 0 aromatic carbocycles. The molecular weight excluding hydrogens is 192 g/mol. The molecule has 1 fully saturated rings. The van der Waals surface area contributed by atoms with Crippen molar-refractivity contribution in [2.24, 2.45) is 18.8 Å². The minimum atomic E-state index is 0.0381. The van der Waals surface area contributed by atoms with Crippen LogP contribution >= 0.6 is 0 Å². The summed E-state index contributed by atoms with van der Waals surface area (Å²) in [6, 6.07) is 0.0381. The van der Waals surface area contributed by atoms with Crippen LogP contribution in [0.1, 0.15) is 24.4 Å². The van der Waals surface area contributed by atoms with Crippen LogP contribution in [0.3, 0.4) is 0 Å². The predicted octanol–water partition coefficient (Wildman–Crippen LogP) is 0.350. The highest BCUT2D eigenvalue weighted by Gasteiger charge is 2.37. The SMILES string of the molecule is COC(C1CC1)C(NN)c1cnn(C)c1. The Labute approximate surface area is 89.6 Å². The molecule has 84 valence electrons. The highest BCUT2D eigenvalue weighted by molar-refractivity contribution is 5.13. The molecule has 1 aliphatic rings. The van der Waals surface area contributed by atoms with Gasteiger partial charge in [0.1, 0.15) is 0 Å². The maximum atomic E-state index is 5.59. The Balaban J connectivity index is 2.14. The van der Waals surface area contributed by atoms with Crippen molar-refractivity contribution in [3.63, 3.8) is 0 Å². The Hall–Kier alpha value is -0.910. The van der Waals surface area contributed by atoms with E-state index in [0.29, 0.717) is 5.92 Å². The predicted molar refractivity (Wildman–Crippen MR) is 56.8 cm³/mol. The van der Waals surface area contributed by atoms with E-state index in [2.05, 4.69) is 10.5 Å². The van der Waals surface area contributed by atoms with E-state index in [9.17, 15) is 0 Å². The van der Waals surface area contributed by atoms with E-state index in [-0.39, 0.29) is 12.1 Å².